The van der Waals surface area contributed by atoms with Crippen molar-refractivity contribution in [2.75, 3.05) is 0 Å². The van der Waals surface area contributed by atoms with E-state index in [2.05, 4.69) is 6.92 Å². The van der Waals surface area contributed by atoms with Gasteiger partial charge in [0.15, 0.2) is 0 Å². The predicted molar refractivity (Wildman–Crippen MR) is 48.1 cm³/mol. The van der Waals surface area contributed by atoms with E-state index in [0.29, 0.717) is 11.7 Å². The summed E-state index contributed by atoms with van der Waals surface area (Å²) in [6.07, 6.45) is 3.77. The zero-order chi connectivity index (χ0) is 9.22. The van der Waals surface area contributed by atoms with Crippen molar-refractivity contribution in [3.05, 3.63) is 0 Å². The van der Waals surface area contributed by atoms with Crippen LogP contribution >= 0.6 is 0 Å². The summed E-state index contributed by atoms with van der Waals surface area (Å²) in [5, 5.41) is 10.0. The van der Waals surface area contributed by atoms with Crippen molar-refractivity contribution in [3.8, 4) is 0 Å². The normalized spacial score (nSPS) is 58.8. The zero-order valence-electron chi connectivity index (χ0n) is 7.99. The second-order valence-corrected chi connectivity index (χ2v) is 5.36. The summed E-state index contributed by atoms with van der Waals surface area (Å²) in [4.78, 5) is 11.6. The Bertz CT molecular complexity index is 273. The zero-order valence-corrected chi connectivity index (χ0v) is 7.99. The highest BCUT2D eigenvalue weighted by molar-refractivity contribution is 5.84. The molecule has 2 nitrogen and oxygen atoms in total. The van der Waals surface area contributed by atoms with Crippen LogP contribution in [0.5, 0.6) is 0 Å². The van der Waals surface area contributed by atoms with Crippen molar-refractivity contribution in [1.29, 1.82) is 0 Å². The molecule has 4 rings (SSSR count). The Morgan fingerprint density at radius 1 is 1.46 bits per heavy atom. The largest absolute Gasteiger partial charge is 0.392 e. The Hall–Kier alpha value is -0.370. The maximum atomic E-state index is 11.6. The van der Waals surface area contributed by atoms with E-state index in [-0.39, 0.29) is 17.4 Å². The minimum absolute atomic E-state index is 0.000625. The Morgan fingerprint density at radius 2 is 2.23 bits per heavy atom. The number of fused-ring (bicyclic) bond motifs is 1. The van der Waals surface area contributed by atoms with Gasteiger partial charge in [0.25, 0.3) is 0 Å². The molecule has 4 aliphatic carbocycles. The van der Waals surface area contributed by atoms with E-state index in [1.807, 2.05) is 0 Å². The minimum atomic E-state index is -0.315. The first-order valence-electron chi connectivity index (χ1n) is 5.34. The van der Waals surface area contributed by atoms with Gasteiger partial charge in [0, 0.05) is 12.3 Å². The van der Waals surface area contributed by atoms with Crippen LogP contribution in [-0.4, -0.2) is 17.0 Å². The van der Waals surface area contributed by atoms with Crippen LogP contribution in [0.4, 0.5) is 0 Å². The molecule has 0 aliphatic heterocycles. The smallest absolute Gasteiger partial charge is 0.139 e. The average molecular weight is 180 g/mol. The molecular weight excluding hydrogens is 164 g/mol. The van der Waals surface area contributed by atoms with Crippen molar-refractivity contribution in [1.82, 2.24) is 0 Å². The summed E-state index contributed by atoms with van der Waals surface area (Å²) in [6, 6.07) is 0. The number of hydrogen-bond donors (Lipinski definition) is 1. The third kappa shape index (κ3) is 0.762. The number of aliphatic hydroxyl groups excluding tert-OH is 1. The molecule has 0 aromatic carbocycles. The molecular formula is C11H16O2. The van der Waals surface area contributed by atoms with E-state index in [0.717, 1.165) is 25.2 Å². The first kappa shape index (κ1) is 7.98. The lowest BCUT2D eigenvalue weighted by Gasteiger charge is -2.52. The quantitative estimate of drug-likeness (QED) is 0.611. The van der Waals surface area contributed by atoms with Gasteiger partial charge < -0.3 is 5.11 Å². The van der Waals surface area contributed by atoms with E-state index in [9.17, 15) is 9.90 Å². The van der Waals surface area contributed by atoms with Crippen LogP contribution < -0.4 is 0 Å². The van der Waals surface area contributed by atoms with E-state index in [4.69, 9.17) is 0 Å². The molecule has 4 fully saturated rings. The Morgan fingerprint density at radius 3 is 3.00 bits per heavy atom. The van der Waals surface area contributed by atoms with Gasteiger partial charge >= 0.3 is 0 Å². The maximum absolute atomic E-state index is 11.6. The van der Waals surface area contributed by atoms with Gasteiger partial charge in [0.1, 0.15) is 5.78 Å². The highest BCUT2D eigenvalue weighted by Gasteiger charge is 2.61. The van der Waals surface area contributed by atoms with Crippen molar-refractivity contribution < 1.29 is 9.90 Å². The molecule has 5 atom stereocenters. The van der Waals surface area contributed by atoms with E-state index in [1.165, 1.54) is 6.42 Å². The fourth-order valence-electron chi connectivity index (χ4n) is 4.12. The third-order valence-electron chi connectivity index (χ3n) is 4.94. The van der Waals surface area contributed by atoms with Crippen molar-refractivity contribution in [3.63, 3.8) is 0 Å². The van der Waals surface area contributed by atoms with Crippen molar-refractivity contribution in [2.24, 2.45) is 23.2 Å². The van der Waals surface area contributed by atoms with Crippen LogP contribution in [-0.2, 0) is 4.79 Å². The lowest BCUT2D eigenvalue weighted by molar-refractivity contribution is -0.155. The molecule has 72 valence electrons. The van der Waals surface area contributed by atoms with E-state index >= 15 is 0 Å². The lowest BCUT2D eigenvalue weighted by Crippen LogP contribution is -2.55. The predicted octanol–water partition coefficient (Wildman–Crippen LogP) is 1.37. The number of hydrogen-bond acceptors (Lipinski definition) is 2. The molecule has 2 heteroatoms. The van der Waals surface area contributed by atoms with Crippen molar-refractivity contribution in [2.45, 2.75) is 38.7 Å². The van der Waals surface area contributed by atoms with Crippen LogP contribution in [0.3, 0.4) is 0 Å². The molecule has 0 amide bonds. The minimum Gasteiger partial charge on any atom is -0.392 e. The second kappa shape index (κ2) is 2.17. The van der Waals surface area contributed by atoms with Gasteiger partial charge in [0.2, 0.25) is 0 Å². The molecule has 13 heavy (non-hydrogen) atoms. The molecule has 0 saturated heterocycles. The second-order valence-electron chi connectivity index (χ2n) is 5.36. The summed E-state index contributed by atoms with van der Waals surface area (Å²) < 4.78 is 0. The summed E-state index contributed by atoms with van der Waals surface area (Å²) >= 11 is 0. The Labute approximate surface area is 78.3 Å². The molecule has 4 saturated carbocycles. The average Bonchev–Trinajstić information content (AvgIpc) is 2.25. The number of carbonyl (C=O) groups is 1. The molecule has 0 radical (unpaired) electrons. The van der Waals surface area contributed by atoms with Gasteiger partial charge in [-0.2, -0.15) is 0 Å². The molecule has 0 aromatic rings. The number of Topliss-reactive ketones (excluding diaryl/α,β-unsaturated/α-hetero) is 1. The van der Waals surface area contributed by atoms with E-state index in [1.54, 1.807) is 0 Å². The van der Waals surface area contributed by atoms with Gasteiger partial charge in [-0.1, -0.05) is 6.92 Å². The van der Waals surface area contributed by atoms with Gasteiger partial charge in [-0.15, -0.1) is 0 Å². The number of rotatable bonds is 0. The summed E-state index contributed by atoms with van der Waals surface area (Å²) in [6.45, 7) is 2.21. The first-order chi connectivity index (χ1) is 6.13. The first-order valence-corrected chi connectivity index (χ1v) is 5.34. The van der Waals surface area contributed by atoms with Gasteiger partial charge in [-0.25, -0.2) is 0 Å². The Balaban J connectivity index is 2.07. The number of aliphatic hydroxyl groups is 1. The molecule has 1 N–H and O–H groups in total. The van der Waals surface area contributed by atoms with Crippen LogP contribution in [0, 0.1) is 23.2 Å². The van der Waals surface area contributed by atoms with Crippen molar-refractivity contribution >= 4 is 5.78 Å². The summed E-state index contributed by atoms with van der Waals surface area (Å²) in [5.41, 5.74) is 0.158. The van der Waals surface area contributed by atoms with Gasteiger partial charge in [-0.3, -0.25) is 4.79 Å². The highest BCUT2D eigenvalue weighted by atomic mass is 16.3. The van der Waals surface area contributed by atoms with Crippen LogP contribution in [0.1, 0.15) is 32.6 Å². The van der Waals surface area contributed by atoms with Gasteiger partial charge in [0.05, 0.1) is 6.10 Å². The number of ketones is 1. The van der Waals surface area contributed by atoms with E-state index < -0.39 is 0 Å². The van der Waals surface area contributed by atoms with Crippen LogP contribution in [0.15, 0.2) is 0 Å². The monoisotopic (exact) mass is 180 g/mol. The third-order valence-corrected chi connectivity index (χ3v) is 4.94. The maximum Gasteiger partial charge on any atom is 0.139 e. The molecule has 4 bridgehead atoms. The summed E-state index contributed by atoms with van der Waals surface area (Å²) in [5.74, 6) is 1.47. The standard InChI is InChI=1S/C11H16O2/c1-11-5-9(12)7-4-6(11)2-3-8(11)10(7)13/h6-8,10,13H,2-5H2,1H3/t6-,7-,8+,10?,11+/m0/s1. The Kier molecular flexibility index (Phi) is 1.33. The molecule has 1 unspecified atom stereocenters. The molecule has 0 spiro atoms. The topological polar surface area (TPSA) is 37.3 Å². The number of carbonyl (C=O) groups excluding carboxylic acids is 1. The molecule has 0 aromatic heterocycles. The SMILES string of the molecule is C[C@@]12CC(=O)[C@@H]3C[C@@H]1CC[C@@H]2C3O. The highest BCUT2D eigenvalue weighted by Crippen LogP contribution is 2.62. The summed E-state index contributed by atoms with van der Waals surface area (Å²) in [7, 11) is 0. The fraction of sp³-hybridized carbons (Fsp3) is 0.909. The molecule has 0 heterocycles. The van der Waals surface area contributed by atoms with Crippen LogP contribution in [0.25, 0.3) is 0 Å². The van der Waals surface area contributed by atoms with Crippen LogP contribution in [0.2, 0.25) is 0 Å². The van der Waals surface area contributed by atoms with Gasteiger partial charge in [-0.05, 0) is 36.5 Å². The lowest BCUT2D eigenvalue weighted by atomic mass is 9.53. The fourth-order valence-corrected chi connectivity index (χ4v) is 4.12. The molecule has 4 aliphatic rings.